The first kappa shape index (κ1) is 17.9. The molecule has 1 aliphatic carbocycles. The van der Waals surface area contributed by atoms with E-state index in [4.69, 9.17) is 4.74 Å². The van der Waals surface area contributed by atoms with E-state index >= 15 is 0 Å². The highest BCUT2D eigenvalue weighted by Gasteiger charge is 2.45. The number of rotatable bonds is 8. The predicted octanol–water partition coefficient (Wildman–Crippen LogP) is 3.74. The molecule has 25 heavy (non-hydrogen) atoms. The molecule has 0 saturated heterocycles. The molecule has 0 bridgehead atoms. The van der Waals surface area contributed by atoms with E-state index in [2.05, 4.69) is 11.9 Å². The Hall–Kier alpha value is -1.95. The van der Waals surface area contributed by atoms with E-state index in [1.807, 2.05) is 30.0 Å². The maximum Gasteiger partial charge on any atom is 0.309 e. The third-order valence-electron chi connectivity index (χ3n) is 4.61. The lowest BCUT2D eigenvalue weighted by molar-refractivity contribution is -0.145. The largest absolute Gasteiger partial charge is 0.466 e. The summed E-state index contributed by atoms with van der Waals surface area (Å²) in [4.78, 5) is 31.0. The third-order valence-corrected chi connectivity index (χ3v) is 5.41. The molecule has 0 unspecified atom stereocenters. The first-order valence-electron chi connectivity index (χ1n) is 8.93. The molecule has 1 aliphatic rings. The van der Waals surface area contributed by atoms with Crippen LogP contribution in [0.5, 0.6) is 0 Å². The van der Waals surface area contributed by atoms with Crippen LogP contribution in [0.15, 0.2) is 23.7 Å². The number of ether oxygens (including phenoxy) is 1. The number of thiazole rings is 1. The zero-order valence-electron chi connectivity index (χ0n) is 14.7. The van der Waals surface area contributed by atoms with E-state index in [-0.39, 0.29) is 23.7 Å². The number of aromatic nitrogens is 1. The van der Waals surface area contributed by atoms with Crippen LogP contribution in [0.25, 0.3) is 10.2 Å². The van der Waals surface area contributed by atoms with Crippen LogP contribution in [0, 0.1) is 11.8 Å². The molecule has 0 aliphatic heterocycles. The fraction of sp³-hybridized carbons (Fsp3) is 0.526. The Kier molecular flexibility index (Phi) is 5.68. The van der Waals surface area contributed by atoms with Gasteiger partial charge < -0.3 is 9.64 Å². The van der Waals surface area contributed by atoms with E-state index in [1.54, 1.807) is 16.8 Å². The summed E-state index contributed by atoms with van der Waals surface area (Å²) in [5.74, 6) is 0.104. The molecule has 6 heteroatoms. The average molecular weight is 360 g/mol. The summed E-state index contributed by atoms with van der Waals surface area (Å²) >= 11 is 1.54. The number of nitrogens with zero attached hydrogens (tertiary/aromatic N) is 2. The third kappa shape index (κ3) is 4.18. The van der Waals surface area contributed by atoms with Crippen molar-refractivity contribution in [2.24, 2.45) is 11.8 Å². The summed E-state index contributed by atoms with van der Waals surface area (Å²) in [6, 6.07) is 5.67. The SMILES string of the molecule is CCCCN(C[C@H]1C[C@H]1C(=O)OCC)C(=O)c1ccc2ncsc2c1. The zero-order chi connectivity index (χ0) is 17.8. The number of benzene rings is 1. The minimum absolute atomic E-state index is 0.0401. The topological polar surface area (TPSA) is 59.5 Å². The van der Waals surface area contributed by atoms with Crippen LogP contribution >= 0.6 is 11.3 Å². The molecule has 1 heterocycles. The Bertz CT molecular complexity index is 758. The predicted molar refractivity (Wildman–Crippen MR) is 98.7 cm³/mol. The molecule has 1 amide bonds. The van der Waals surface area contributed by atoms with E-state index in [0.29, 0.717) is 18.7 Å². The molecule has 0 radical (unpaired) electrons. The van der Waals surface area contributed by atoms with Gasteiger partial charge in [0.25, 0.3) is 5.91 Å². The molecular weight excluding hydrogens is 336 g/mol. The number of hydrogen-bond acceptors (Lipinski definition) is 5. The van der Waals surface area contributed by atoms with E-state index < -0.39 is 0 Å². The molecule has 3 rings (SSSR count). The number of carbonyl (C=O) groups excluding carboxylic acids is 2. The van der Waals surface area contributed by atoms with Gasteiger partial charge in [-0.05, 0) is 43.9 Å². The highest BCUT2D eigenvalue weighted by atomic mass is 32.1. The van der Waals surface area contributed by atoms with Crippen LogP contribution in [0.1, 0.15) is 43.5 Å². The number of unbranched alkanes of at least 4 members (excludes halogenated alkanes) is 1. The molecule has 5 nitrogen and oxygen atoms in total. The van der Waals surface area contributed by atoms with Gasteiger partial charge in [-0.3, -0.25) is 9.59 Å². The number of amides is 1. The van der Waals surface area contributed by atoms with Crippen molar-refractivity contribution in [2.75, 3.05) is 19.7 Å². The van der Waals surface area contributed by atoms with Gasteiger partial charge >= 0.3 is 5.97 Å². The Morgan fingerprint density at radius 1 is 1.36 bits per heavy atom. The minimum Gasteiger partial charge on any atom is -0.466 e. The summed E-state index contributed by atoms with van der Waals surface area (Å²) in [7, 11) is 0. The van der Waals surface area contributed by atoms with Crippen molar-refractivity contribution in [3.63, 3.8) is 0 Å². The first-order valence-corrected chi connectivity index (χ1v) is 9.81. The maximum absolute atomic E-state index is 13.0. The molecule has 0 spiro atoms. The highest BCUT2D eigenvalue weighted by molar-refractivity contribution is 7.16. The van der Waals surface area contributed by atoms with Gasteiger partial charge in [0.15, 0.2) is 0 Å². The van der Waals surface area contributed by atoms with Crippen LogP contribution in [0.4, 0.5) is 0 Å². The number of esters is 1. The second-order valence-electron chi connectivity index (χ2n) is 6.49. The van der Waals surface area contributed by atoms with Crippen molar-refractivity contribution in [1.29, 1.82) is 0 Å². The van der Waals surface area contributed by atoms with E-state index in [1.165, 1.54) is 0 Å². The van der Waals surface area contributed by atoms with E-state index in [0.717, 1.165) is 36.0 Å². The molecule has 1 saturated carbocycles. The summed E-state index contributed by atoms with van der Waals surface area (Å²) in [5, 5.41) is 0. The van der Waals surface area contributed by atoms with Crippen LogP contribution in [-0.4, -0.2) is 41.5 Å². The van der Waals surface area contributed by atoms with Crippen molar-refractivity contribution >= 4 is 33.4 Å². The normalized spacial score (nSPS) is 19.0. The number of fused-ring (bicyclic) bond motifs is 1. The number of hydrogen-bond donors (Lipinski definition) is 0. The van der Waals surface area contributed by atoms with Gasteiger partial charge in [0, 0.05) is 18.7 Å². The van der Waals surface area contributed by atoms with Crippen LogP contribution in [-0.2, 0) is 9.53 Å². The standard InChI is InChI=1S/C19H24N2O3S/c1-3-5-8-21(11-14-9-15(14)19(23)24-4-2)18(22)13-6-7-16-17(10-13)25-12-20-16/h6-7,10,12,14-15H,3-5,8-9,11H2,1-2H3/t14-,15-/m1/s1. The van der Waals surface area contributed by atoms with Crippen LogP contribution < -0.4 is 0 Å². The fourth-order valence-corrected chi connectivity index (χ4v) is 3.78. The Morgan fingerprint density at radius 3 is 2.96 bits per heavy atom. The second-order valence-corrected chi connectivity index (χ2v) is 7.38. The Labute approximate surface area is 152 Å². The second kappa shape index (κ2) is 7.95. The minimum atomic E-state index is -0.124. The Balaban J connectivity index is 1.69. The monoisotopic (exact) mass is 360 g/mol. The summed E-state index contributed by atoms with van der Waals surface area (Å²) in [6.07, 6.45) is 2.82. The quantitative estimate of drug-likeness (QED) is 0.673. The Morgan fingerprint density at radius 2 is 2.20 bits per heavy atom. The molecular formula is C19H24N2O3S. The van der Waals surface area contributed by atoms with Gasteiger partial charge in [0.1, 0.15) is 0 Å². The average Bonchev–Trinajstić information content (AvgIpc) is 3.23. The molecule has 1 fully saturated rings. The zero-order valence-corrected chi connectivity index (χ0v) is 15.6. The van der Waals surface area contributed by atoms with Gasteiger partial charge in [-0.1, -0.05) is 13.3 Å². The summed E-state index contributed by atoms with van der Waals surface area (Å²) in [5.41, 5.74) is 3.41. The van der Waals surface area contributed by atoms with Gasteiger partial charge in [0.05, 0.1) is 28.3 Å². The molecule has 0 N–H and O–H groups in total. The number of carbonyl (C=O) groups is 2. The van der Waals surface area contributed by atoms with Gasteiger partial charge in [0.2, 0.25) is 0 Å². The van der Waals surface area contributed by atoms with Gasteiger partial charge in [-0.2, -0.15) is 0 Å². The lowest BCUT2D eigenvalue weighted by Gasteiger charge is -2.23. The molecule has 134 valence electrons. The lowest BCUT2D eigenvalue weighted by Crippen LogP contribution is -2.34. The van der Waals surface area contributed by atoms with Crippen molar-refractivity contribution in [3.05, 3.63) is 29.3 Å². The van der Waals surface area contributed by atoms with E-state index in [9.17, 15) is 9.59 Å². The molecule has 1 aromatic heterocycles. The van der Waals surface area contributed by atoms with Crippen molar-refractivity contribution in [2.45, 2.75) is 33.1 Å². The molecule has 2 aromatic rings. The molecule has 1 aromatic carbocycles. The maximum atomic E-state index is 13.0. The first-order chi connectivity index (χ1) is 12.1. The van der Waals surface area contributed by atoms with Crippen LogP contribution in [0.2, 0.25) is 0 Å². The summed E-state index contributed by atoms with van der Waals surface area (Å²) in [6.45, 7) is 5.70. The van der Waals surface area contributed by atoms with Gasteiger partial charge in [-0.25, -0.2) is 4.98 Å². The molecule has 2 atom stereocenters. The van der Waals surface area contributed by atoms with Crippen LogP contribution in [0.3, 0.4) is 0 Å². The van der Waals surface area contributed by atoms with Crippen molar-refractivity contribution in [3.8, 4) is 0 Å². The van der Waals surface area contributed by atoms with Crippen molar-refractivity contribution in [1.82, 2.24) is 9.88 Å². The highest BCUT2D eigenvalue weighted by Crippen LogP contribution is 2.40. The van der Waals surface area contributed by atoms with Gasteiger partial charge in [-0.15, -0.1) is 11.3 Å². The van der Waals surface area contributed by atoms with Crippen molar-refractivity contribution < 1.29 is 14.3 Å². The summed E-state index contributed by atoms with van der Waals surface area (Å²) < 4.78 is 6.12. The lowest BCUT2D eigenvalue weighted by atomic mass is 10.1. The smallest absolute Gasteiger partial charge is 0.309 e. The fourth-order valence-electron chi connectivity index (χ4n) is 3.07.